The third-order valence-corrected chi connectivity index (χ3v) is 8.40. The normalized spacial score (nSPS) is 21.4. The summed E-state index contributed by atoms with van der Waals surface area (Å²) in [6.07, 6.45) is -0.278. The molecule has 1 aromatic carbocycles. The third-order valence-electron chi connectivity index (χ3n) is 8.40. The number of carbonyl (C=O) groups excluding carboxylic acids is 1. The van der Waals surface area contributed by atoms with Gasteiger partial charge in [0.2, 0.25) is 0 Å². The number of nitrogens with one attached hydrogen (secondary N) is 1. The standard InChI is InChI=1S/C31H37F3N6O3/c1-18-14-40(15-19(2)38(18)5)27-12-25(32)22(21-6-7-28(35-13-21)39-8-9-43-20(3)16-39)10-26(27)36-31(42)24-17-37(4)29(41)11-23(24)30(33)34/h6-7,10-13,17-20,30H,8-9,14-16H2,1-5H3,(H,36,42)/t18-,19+,20-/m1/s1. The summed E-state index contributed by atoms with van der Waals surface area (Å²) in [7, 11) is 3.41. The van der Waals surface area contributed by atoms with Gasteiger partial charge in [0.05, 0.1) is 29.6 Å². The van der Waals surface area contributed by atoms with Gasteiger partial charge in [0.15, 0.2) is 0 Å². The van der Waals surface area contributed by atoms with Crippen molar-refractivity contribution in [2.45, 2.75) is 45.4 Å². The Balaban J connectivity index is 1.54. The number of ether oxygens (including phenoxy) is 1. The molecule has 0 saturated carbocycles. The molecule has 5 rings (SSSR count). The van der Waals surface area contributed by atoms with Crippen LogP contribution in [-0.4, -0.2) is 78.4 Å². The number of piperazine rings is 1. The summed E-state index contributed by atoms with van der Waals surface area (Å²) in [5.41, 5.74) is -0.233. The van der Waals surface area contributed by atoms with E-state index in [4.69, 9.17) is 4.74 Å². The van der Waals surface area contributed by atoms with Crippen LogP contribution in [0.5, 0.6) is 0 Å². The number of amides is 1. The Hall–Kier alpha value is -3.90. The monoisotopic (exact) mass is 598 g/mol. The number of pyridine rings is 2. The van der Waals surface area contributed by atoms with E-state index in [0.717, 1.165) is 22.6 Å². The molecule has 9 nitrogen and oxygen atoms in total. The largest absolute Gasteiger partial charge is 0.375 e. The first kappa shape index (κ1) is 30.6. The summed E-state index contributed by atoms with van der Waals surface area (Å²) in [6, 6.07) is 7.54. The van der Waals surface area contributed by atoms with E-state index in [1.807, 2.05) is 24.9 Å². The van der Waals surface area contributed by atoms with Crippen LogP contribution in [0.4, 0.5) is 30.4 Å². The Morgan fingerprint density at radius 1 is 1.05 bits per heavy atom. The number of morpholine rings is 1. The number of aryl methyl sites for hydroxylation is 1. The minimum absolute atomic E-state index is 0.0732. The zero-order valence-corrected chi connectivity index (χ0v) is 25.0. The molecule has 1 N–H and O–H groups in total. The summed E-state index contributed by atoms with van der Waals surface area (Å²) < 4.78 is 50.2. The highest BCUT2D eigenvalue weighted by molar-refractivity contribution is 6.07. The number of benzene rings is 1. The molecule has 2 aliphatic heterocycles. The van der Waals surface area contributed by atoms with Crippen LogP contribution in [0.2, 0.25) is 0 Å². The van der Waals surface area contributed by atoms with Crippen molar-refractivity contribution in [3.05, 3.63) is 70.0 Å². The Bertz CT molecular complexity index is 1530. The first-order chi connectivity index (χ1) is 20.4. The lowest BCUT2D eigenvalue weighted by Gasteiger charge is -2.44. The zero-order chi connectivity index (χ0) is 31.0. The predicted molar refractivity (Wildman–Crippen MR) is 161 cm³/mol. The molecule has 4 heterocycles. The number of hydrogen-bond donors (Lipinski definition) is 1. The minimum Gasteiger partial charge on any atom is -0.375 e. The quantitative estimate of drug-likeness (QED) is 0.447. The van der Waals surface area contributed by atoms with Crippen LogP contribution in [0.1, 0.15) is 43.1 Å². The van der Waals surface area contributed by atoms with E-state index in [9.17, 15) is 18.4 Å². The van der Waals surface area contributed by atoms with Crippen LogP contribution in [0.3, 0.4) is 0 Å². The van der Waals surface area contributed by atoms with Crippen molar-refractivity contribution in [2.75, 3.05) is 55.0 Å². The van der Waals surface area contributed by atoms with Gasteiger partial charge in [0.1, 0.15) is 11.6 Å². The van der Waals surface area contributed by atoms with E-state index < -0.39 is 29.3 Å². The van der Waals surface area contributed by atoms with Gasteiger partial charge in [-0.1, -0.05) is 0 Å². The van der Waals surface area contributed by atoms with Crippen LogP contribution >= 0.6 is 0 Å². The molecule has 230 valence electrons. The van der Waals surface area contributed by atoms with Gasteiger partial charge in [-0.2, -0.15) is 0 Å². The first-order valence-corrected chi connectivity index (χ1v) is 14.4. The van der Waals surface area contributed by atoms with Crippen molar-refractivity contribution in [3.8, 4) is 11.1 Å². The van der Waals surface area contributed by atoms with Crippen LogP contribution in [-0.2, 0) is 11.8 Å². The molecule has 2 aliphatic rings. The van der Waals surface area contributed by atoms with Gasteiger partial charge in [0, 0.05) is 80.5 Å². The fourth-order valence-corrected chi connectivity index (χ4v) is 5.71. The van der Waals surface area contributed by atoms with E-state index in [2.05, 4.69) is 33.9 Å². The van der Waals surface area contributed by atoms with E-state index in [-0.39, 0.29) is 35.0 Å². The van der Waals surface area contributed by atoms with E-state index >= 15 is 4.39 Å². The second-order valence-electron chi connectivity index (χ2n) is 11.5. The average molecular weight is 599 g/mol. The Labute approximate surface area is 248 Å². The number of rotatable bonds is 6. The molecule has 1 amide bonds. The van der Waals surface area contributed by atoms with E-state index in [1.54, 1.807) is 12.3 Å². The second kappa shape index (κ2) is 12.4. The lowest BCUT2D eigenvalue weighted by atomic mass is 10.0. The molecule has 2 saturated heterocycles. The number of carbonyl (C=O) groups is 1. The molecule has 0 unspecified atom stereocenters. The van der Waals surface area contributed by atoms with Gasteiger partial charge >= 0.3 is 0 Å². The highest BCUT2D eigenvalue weighted by atomic mass is 19.3. The lowest BCUT2D eigenvalue weighted by Crippen LogP contribution is -2.55. The van der Waals surface area contributed by atoms with Gasteiger partial charge in [-0.05, 0) is 52.1 Å². The maximum atomic E-state index is 15.8. The Morgan fingerprint density at radius 2 is 1.77 bits per heavy atom. The molecule has 0 radical (unpaired) electrons. The Morgan fingerprint density at radius 3 is 2.40 bits per heavy atom. The van der Waals surface area contributed by atoms with Crippen LogP contribution < -0.4 is 20.7 Å². The summed E-state index contributed by atoms with van der Waals surface area (Å²) >= 11 is 0. The summed E-state index contributed by atoms with van der Waals surface area (Å²) in [4.78, 5) is 36.4. The molecule has 3 aromatic rings. The average Bonchev–Trinajstić information content (AvgIpc) is 2.97. The van der Waals surface area contributed by atoms with Crippen molar-refractivity contribution < 1.29 is 22.7 Å². The fourth-order valence-electron chi connectivity index (χ4n) is 5.71. The van der Waals surface area contributed by atoms with Gasteiger partial charge in [-0.3, -0.25) is 14.5 Å². The smallest absolute Gasteiger partial charge is 0.264 e. The number of hydrogen-bond acceptors (Lipinski definition) is 7. The number of anilines is 3. The minimum atomic E-state index is -3.03. The molecular formula is C31H37F3N6O3. The second-order valence-corrected chi connectivity index (χ2v) is 11.5. The maximum absolute atomic E-state index is 15.8. The van der Waals surface area contributed by atoms with Crippen LogP contribution in [0.15, 0.2) is 47.5 Å². The Kier molecular flexibility index (Phi) is 8.79. The molecule has 12 heteroatoms. The number of aromatic nitrogens is 2. The van der Waals surface area contributed by atoms with Crippen molar-refractivity contribution in [1.29, 1.82) is 0 Å². The van der Waals surface area contributed by atoms with Crippen LogP contribution in [0, 0.1) is 5.82 Å². The van der Waals surface area contributed by atoms with Crippen LogP contribution in [0.25, 0.3) is 11.1 Å². The molecule has 0 spiro atoms. The van der Waals surface area contributed by atoms with Crippen molar-refractivity contribution >= 4 is 23.1 Å². The van der Waals surface area contributed by atoms with Gasteiger partial charge < -0.3 is 24.4 Å². The first-order valence-electron chi connectivity index (χ1n) is 14.4. The number of alkyl halides is 2. The lowest BCUT2D eigenvalue weighted by molar-refractivity contribution is 0.0529. The SMILES string of the molecule is C[C@@H]1CN(c2ccc(-c3cc(NC(=O)c4cn(C)c(=O)cc4C(F)F)c(N4C[C@@H](C)N(C)[C@@H](C)C4)cc3F)cn2)CCO1. The fraction of sp³-hybridized carbons (Fsp3) is 0.452. The molecular weight excluding hydrogens is 561 g/mol. The number of likely N-dealkylation sites (N-methyl/N-ethyl adjacent to an activating group) is 1. The number of nitrogens with zero attached hydrogens (tertiary/aromatic N) is 5. The predicted octanol–water partition coefficient (Wildman–Crippen LogP) is 4.53. The van der Waals surface area contributed by atoms with Gasteiger partial charge in [-0.15, -0.1) is 0 Å². The van der Waals surface area contributed by atoms with E-state index in [1.165, 1.54) is 19.2 Å². The third kappa shape index (κ3) is 6.40. The highest BCUT2D eigenvalue weighted by Crippen LogP contribution is 2.37. The highest BCUT2D eigenvalue weighted by Gasteiger charge is 2.30. The van der Waals surface area contributed by atoms with Crippen molar-refractivity contribution in [1.82, 2.24) is 14.5 Å². The molecule has 0 aliphatic carbocycles. The van der Waals surface area contributed by atoms with E-state index in [0.29, 0.717) is 44.0 Å². The van der Waals surface area contributed by atoms with Gasteiger partial charge in [0.25, 0.3) is 17.9 Å². The summed E-state index contributed by atoms with van der Waals surface area (Å²) in [5.74, 6) is -0.578. The molecule has 2 fully saturated rings. The summed E-state index contributed by atoms with van der Waals surface area (Å²) in [5, 5.41) is 2.76. The molecule has 2 aromatic heterocycles. The summed E-state index contributed by atoms with van der Waals surface area (Å²) in [6.45, 7) is 9.24. The zero-order valence-electron chi connectivity index (χ0n) is 25.0. The van der Waals surface area contributed by atoms with Crippen molar-refractivity contribution in [3.63, 3.8) is 0 Å². The maximum Gasteiger partial charge on any atom is 0.264 e. The molecule has 3 atom stereocenters. The molecule has 0 bridgehead atoms. The van der Waals surface area contributed by atoms with Crippen molar-refractivity contribution in [2.24, 2.45) is 7.05 Å². The number of halogens is 3. The topological polar surface area (TPSA) is 82.9 Å². The molecule has 43 heavy (non-hydrogen) atoms. The van der Waals surface area contributed by atoms with Gasteiger partial charge in [-0.25, -0.2) is 18.2 Å².